The summed E-state index contributed by atoms with van der Waals surface area (Å²) in [6, 6.07) is 8.17. The Morgan fingerprint density at radius 3 is 2.50 bits per heavy atom. The largest absolute Gasteiger partial charge is 0.497 e. The first-order chi connectivity index (χ1) is 6.79. The Hall–Kier alpha value is -0.690. The molecule has 1 atom stereocenters. The number of rotatable bonds is 4. The lowest BCUT2D eigenvalue weighted by Crippen LogP contribution is -2.05. The van der Waals surface area contributed by atoms with Gasteiger partial charge in [-0.3, -0.25) is 0 Å². The van der Waals surface area contributed by atoms with Crippen molar-refractivity contribution < 1.29 is 4.74 Å². The molecule has 0 bridgehead atoms. The summed E-state index contributed by atoms with van der Waals surface area (Å²) >= 11 is 6.26. The van der Waals surface area contributed by atoms with E-state index in [2.05, 4.69) is 12.1 Å². The van der Waals surface area contributed by atoms with Gasteiger partial charge in [-0.15, -0.1) is 11.6 Å². The molecule has 1 aliphatic carbocycles. The zero-order valence-electron chi connectivity index (χ0n) is 8.37. The lowest BCUT2D eigenvalue weighted by Gasteiger charge is -2.08. The highest BCUT2D eigenvalue weighted by molar-refractivity contribution is 6.21. The van der Waals surface area contributed by atoms with Crippen LogP contribution in [0.4, 0.5) is 0 Å². The Balaban J connectivity index is 1.95. The Bertz CT molecular complexity index is 290. The van der Waals surface area contributed by atoms with Crippen LogP contribution in [-0.2, 0) is 6.42 Å². The van der Waals surface area contributed by atoms with Gasteiger partial charge in [0.05, 0.1) is 7.11 Å². The maximum atomic E-state index is 6.26. The molecule has 0 heterocycles. The molecule has 1 aromatic carbocycles. The standard InChI is InChI=1S/C12H15ClO/c1-14-11-6-2-9(3-7-11)8-12(13)10-4-5-10/h2-3,6-7,10,12H,4-5,8H2,1H3. The minimum Gasteiger partial charge on any atom is -0.497 e. The number of methoxy groups -OCH3 is 1. The molecule has 0 amide bonds. The highest BCUT2D eigenvalue weighted by atomic mass is 35.5. The van der Waals surface area contributed by atoms with Crippen molar-refractivity contribution in [1.29, 1.82) is 0 Å². The first-order valence-corrected chi connectivity index (χ1v) is 5.50. The van der Waals surface area contributed by atoms with Crippen molar-refractivity contribution in [2.24, 2.45) is 5.92 Å². The molecule has 14 heavy (non-hydrogen) atoms. The normalized spacial score (nSPS) is 17.9. The molecule has 1 fully saturated rings. The molecular weight excluding hydrogens is 196 g/mol. The molecule has 0 N–H and O–H groups in total. The number of ether oxygens (including phenoxy) is 1. The first kappa shape index (κ1) is 9.85. The molecule has 2 heteroatoms. The van der Waals surface area contributed by atoms with E-state index in [1.54, 1.807) is 7.11 Å². The van der Waals surface area contributed by atoms with Crippen molar-refractivity contribution >= 4 is 11.6 Å². The fourth-order valence-electron chi connectivity index (χ4n) is 1.61. The van der Waals surface area contributed by atoms with Gasteiger partial charge < -0.3 is 4.74 Å². The quantitative estimate of drug-likeness (QED) is 0.694. The summed E-state index contributed by atoms with van der Waals surface area (Å²) in [6.45, 7) is 0. The molecule has 1 saturated carbocycles. The van der Waals surface area contributed by atoms with Crippen LogP contribution in [0.15, 0.2) is 24.3 Å². The Labute approximate surface area is 90.0 Å². The van der Waals surface area contributed by atoms with E-state index >= 15 is 0 Å². The second-order valence-corrected chi connectivity index (χ2v) is 4.47. The van der Waals surface area contributed by atoms with E-state index < -0.39 is 0 Å². The van der Waals surface area contributed by atoms with Crippen LogP contribution >= 0.6 is 11.6 Å². The number of hydrogen-bond donors (Lipinski definition) is 0. The average Bonchev–Trinajstić information content (AvgIpc) is 3.02. The molecule has 0 radical (unpaired) electrons. The number of alkyl halides is 1. The summed E-state index contributed by atoms with van der Waals surface area (Å²) in [7, 11) is 1.68. The number of hydrogen-bond acceptors (Lipinski definition) is 1. The summed E-state index contributed by atoms with van der Waals surface area (Å²) in [5.41, 5.74) is 1.30. The van der Waals surface area contributed by atoms with Gasteiger partial charge in [0, 0.05) is 5.38 Å². The van der Waals surface area contributed by atoms with Crippen molar-refractivity contribution in [3.63, 3.8) is 0 Å². The van der Waals surface area contributed by atoms with E-state index in [1.807, 2.05) is 12.1 Å². The fourth-order valence-corrected chi connectivity index (χ4v) is 2.04. The smallest absolute Gasteiger partial charge is 0.118 e. The number of halogens is 1. The van der Waals surface area contributed by atoms with Crippen LogP contribution in [0.5, 0.6) is 5.75 Å². The van der Waals surface area contributed by atoms with Gasteiger partial charge in [-0.05, 0) is 42.9 Å². The zero-order chi connectivity index (χ0) is 9.97. The van der Waals surface area contributed by atoms with Gasteiger partial charge in [0.2, 0.25) is 0 Å². The second-order valence-electron chi connectivity index (χ2n) is 3.91. The maximum absolute atomic E-state index is 6.26. The summed E-state index contributed by atoms with van der Waals surface area (Å²) < 4.78 is 5.10. The van der Waals surface area contributed by atoms with E-state index in [1.165, 1.54) is 18.4 Å². The highest BCUT2D eigenvalue weighted by Gasteiger charge is 2.29. The summed E-state index contributed by atoms with van der Waals surface area (Å²) in [6.07, 6.45) is 3.60. The minimum absolute atomic E-state index is 0.323. The molecule has 2 rings (SSSR count). The van der Waals surface area contributed by atoms with E-state index in [9.17, 15) is 0 Å². The van der Waals surface area contributed by atoms with E-state index in [0.717, 1.165) is 18.1 Å². The van der Waals surface area contributed by atoms with Crippen LogP contribution in [-0.4, -0.2) is 12.5 Å². The Kier molecular flexibility index (Phi) is 2.97. The molecular formula is C12H15ClO. The topological polar surface area (TPSA) is 9.23 Å². The van der Waals surface area contributed by atoms with Crippen LogP contribution < -0.4 is 4.74 Å². The van der Waals surface area contributed by atoms with E-state index in [-0.39, 0.29) is 0 Å². The van der Waals surface area contributed by atoms with Gasteiger partial charge >= 0.3 is 0 Å². The molecule has 1 aliphatic rings. The van der Waals surface area contributed by atoms with E-state index in [4.69, 9.17) is 16.3 Å². The summed E-state index contributed by atoms with van der Waals surface area (Å²) in [5, 5.41) is 0.323. The number of benzene rings is 1. The lowest BCUT2D eigenvalue weighted by molar-refractivity contribution is 0.414. The van der Waals surface area contributed by atoms with Gasteiger partial charge in [-0.2, -0.15) is 0 Å². The van der Waals surface area contributed by atoms with Gasteiger partial charge in [0.25, 0.3) is 0 Å². The van der Waals surface area contributed by atoms with Gasteiger partial charge in [-0.1, -0.05) is 12.1 Å². The highest BCUT2D eigenvalue weighted by Crippen LogP contribution is 2.37. The third kappa shape index (κ3) is 2.42. The third-order valence-electron chi connectivity index (χ3n) is 2.72. The van der Waals surface area contributed by atoms with Crippen molar-refractivity contribution in [3.8, 4) is 5.75 Å². The third-order valence-corrected chi connectivity index (χ3v) is 3.23. The van der Waals surface area contributed by atoms with Crippen LogP contribution in [0.1, 0.15) is 18.4 Å². The van der Waals surface area contributed by atoms with Crippen molar-refractivity contribution in [2.45, 2.75) is 24.6 Å². The van der Waals surface area contributed by atoms with Crippen molar-refractivity contribution in [3.05, 3.63) is 29.8 Å². The predicted octanol–water partition coefficient (Wildman–Crippen LogP) is 3.26. The molecule has 1 aromatic rings. The monoisotopic (exact) mass is 210 g/mol. The summed E-state index contributed by atoms with van der Waals surface area (Å²) in [5.74, 6) is 1.67. The average molecular weight is 211 g/mol. The Morgan fingerprint density at radius 1 is 1.36 bits per heavy atom. The first-order valence-electron chi connectivity index (χ1n) is 5.06. The van der Waals surface area contributed by atoms with Crippen molar-refractivity contribution in [1.82, 2.24) is 0 Å². The second kappa shape index (κ2) is 4.22. The SMILES string of the molecule is COc1ccc(CC(Cl)C2CC2)cc1. The molecule has 1 nitrogen and oxygen atoms in total. The molecule has 0 aromatic heterocycles. The lowest BCUT2D eigenvalue weighted by atomic mass is 10.1. The van der Waals surface area contributed by atoms with Crippen LogP contribution in [0, 0.1) is 5.92 Å². The molecule has 0 aliphatic heterocycles. The van der Waals surface area contributed by atoms with Gasteiger partial charge in [0.15, 0.2) is 0 Å². The fraction of sp³-hybridized carbons (Fsp3) is 0.500. The van der Waals surface area contributed by atoms with E-state index in [0.29, 0.717) is 5.38 Å². The van der Waals surface area contributed by atoms with Crippen LogP contribution in [0.3, 0.4) is 0 Å². The predicted molar refractivity (Wildman–Crippen MR) is 59.1 cm³/mol. The molecule has 0 saturated heterocycles. The molecule has 76 valence electrons. The molecule has 1 unspecified atom stereocenters. The van der Waals surface area contributed by atoms with Crippen LogP contribution in [0.2, 0.25) is 0 Å². The maximum Gasteiger partial charge on any atom is 0.118 e. The minimum atomic E-state index is 0.323. The van der Waals surface area contributed by atoms with Gasteiger partial charge in [0.1, 0.15) is 5.75 Å². The van der Waals surface area contributed by atoms with Gasteiger partial charge in [-0.25, -0.2) is 0 Å². The van der Waals surface area contributed by atoms with Crippen LogP contribution in [0.25, 0.3) is 0 Å². The zero-order valence-corrected chi connectivity index (χ0v) is 9.13. The molecule has 0 spiro atoms. The summed E-state index contributed by atoms with van der Waals surface area (Å²) in [4.78, 5) is 0. The Morgan fingerprint density at radius 2 is 2.00 bits per heavy atom. The van der Waals surface area contributed by atoms with Crippen molar-refractivity contribution in [2.75, 3.05) is 7.11 Å².